The summed E-state index contributed by atoms with van der Waals surface area (Å²) in [5.41, 5.74) is 1.76. The molecule has 1 N–H and O–H groups in total. The van der Waals surface area contributed by atoms with Crippen molar-refractivity contribution < 1.29 is 9.47 Å². The molecule has 1 fully saturated rings. The van der Waals surface area contributed by atoms with Crippen LogP contribution in [0.1, 0.15) is 34.9 Å². The second kappa shape index (κ2) is 10.4. The number of aromatic amines is 1. The van der Waals surface area contributed by atoms with E-state index in [1.54, 1.807) is 13.1 Å². The summed E-state index contributed by atoms with van der Waals surface area (Å²) < 4.78 is 14.7. The molecule has 1 aromatic heterocycles. The number of hydrogen-bond acceptors (Lipinski definition) is 4. The summed E-state index contributed by atoms with van der Waals surface area (Å²) in [5, 5.41) is 0. The van der Waals surface area contributed by atoms with Gasteiger partial charge in [0.2, 0.25) is 0 Å². The topological polar surface area (TPSA) is 73.3 Å². The highest BCUT2D eigenvalue weighted by atomic mass is 79.9. The zero-order valence-electron chi connectivity index (χ0n) is 19.8. The largest absolute Gasteiger partial charge is 0.358 e. The van der Waals surface area contributed by atoms with Crippen molar-refractivity contribution in [3.05, 3.63) is 140 Å². The average molecular weight is 547 g/mol. The van der Waals surface area contributed by atoms with Crippen molar-refractivity contribution in [1.82, 2.24) is 9.55 Å². The fourth-order valence-corrected chi connectivity index (χ4v) is 5.38. The zero-order valence-corrected chi connectivity index (χ0v) is 21.4. The van der Waals surface area contributed by atoms with Crippen LogP contribution in [-0.2, 0) is 15.1 Å². The molecule has 0 saturated carbocycles. The highest BCUT2D eigenvalue weighted by Crippen LogP contribution is 2.42. The van der Waals surface area contributed by atoms with E-state index in [-0.39, 0.29) is 23.1 Å². The normalized spacial score (nSPS) is 19.9. The van der Waals surface area contributed by atoms with E-state index >= 15 is 0 Å². The first-order valence-corrected chi connectivity index (χ1v) is 12.8. The van der Waals surface area contributed by atoms with E-state index in [9.17, 15) is 9.59 Å². The number of aromatic nitrogens is 2. The Balaban J connectivity index is 1.50. The Morgan fingerprint density at radius 3 is 1.92 bits per heavy atom. The van der Waals surface area contributed by atoms with Crippen LogP contribution in [0.4, 0.5) is 0 Å². The van der Waals surface area contributed by atoms with Crippen molar-refractivity contribution in [2.24, 2.45) is 0 Å². The maximum atomic E-state index is 12.4. The lowest BCUT2D eigenvalue weighted by atomic mass is 9.80. The van der Waals surface area contributed by atoms with Crippen LogP contribution in [0.2, 0.25) is 0 Å². The van der Waals surface area contributed by atoms with Gasteiger partial charge in [0.25, 0.3) is 5.56 Å². The van der Waals surface area contributed by atoms with E-state index in [1.165, 1.54) is 4.57 Å². The Kier molecular flexibility index (Phi) is 7.05. The molecule has 0 bridgehead atoms. The number of ether oxygens (including phenoxy) is 2. The molecule has 1 saturated heterocycles. The Morgan fingerprint density at radius 2 is 1.42 bits per heavy atom. The number of aryl methyl sites for hydroxylation is 1. The van der Waals surface area contributed by atoms with Gasteiger partial charge >= 0.3 is 5.69 Å². The van der Waals surface area contributed by atoms with Crippen molar-refractivity contribution in [2.45, 2.75) is 36.1 Å². The predicted octanol–water partition coefficient (Wildman–Crippen LogP) is 4.90. The second-order valence-electron chi connectivity index (χ2n) is 8.95. The van der Waals surface area contributed by atoms with Gasteiger partial charge in [-0.3, -0.25) is 14.3 Å². The quantitative estimate of drug-likeness (QED) is 0.264. The Morgan fingerprint density at radius 1 is 0.917 bits per heavy atom. The van der Waals surface area contributed by atoms with Gasteiger partial charge in [-0.15, -0.1) is 0 Å². The molecule has 4 aromatic rings. The summed E-state index contributed by atoms with van der Waals surface area (Å²) in [6.45, 7) is 1.95. The van der Waals surface area contributed by atoms with Gasteiger partial charge in [0.05, 0.1) is 12.7 Å². The summed E-state index contributed by atoms with van der Waals surface area (Å²) >= 11 is 3.74. The monoisotopic (exact) mass is 546 g/mol. The van der Waals surface area contributed by atoms with Crippen LogP contribution in [0.5, 0.6) is 0 Å². The molecule has 0 aliphatic carbocycles. The SMILES string of the molecule is Cc1cn([C@@H]2C[C@@H](Br)[C@H](COC(c3ccccc3)(c3ccccc3)c3ccccc3)O2)c(=O)[nH]c1=O. The number of rotatable bonds is 7. The van der Waals surface area contributed by atoms with Crippen LogP contribution < -0.4 is 11.2 Å². The van der Waals surface area contributed by atoms with Crippen molar-refractivity contribution in [3.63, 3.8) is 0 Å². The Bertz CT molecular complexity index is 1320. The predicted molar refractivity (Wildman–Crippen MR) is 142 cm³/mol. The summed E-state index contributed by atoms with van der Waals surface area (Å²) in [6.07, 6.45) is 1.29. The second-order valence-corrected chi connectivity index (χ2v) is 10.1. The van der Waals surface area contributed by atoms with Crippen LogP contribution in [0.25, 0.3) is 0 Å². The van der Waals surface area contributed by atoms with Crippen molar-refractivity contribution in [1.29, 1.82) is 0 Å². The van der Waals surface area contributed by atoms with Crippen LogP contribution in [0, 0.1) is 6.92 Å². The van der Waals surface area contributed by atoms with Gasteiger partial charge in [0.1, 0.15) is 11.8 Å². The van der Waals surface area contributed by atoms with Crippen molar-refractivity contribution in [2.75, 3.05) is 6.61 Å². The molecule has 0 amide bonds. The first kappa shape index (κ1) is 24.4. The van der Waals surface area contributed by atoms with Gasteiger partial charge in [0, 0.05) is 23.0 Å². The minimum absolute atomic E-state index is 0.0401. The van der Waals surface area contributed by atoms with Gasteiger partial charge in [0.15, 0.2) is 0 Å². The maximum absolute atomic E-state index is 12.4. The fraction of sp³-hybridized carbons (Fsp3) is 0.241. The third-order valence-electron chi connectivity index (χ3n) is 6.62. The van der Waals surface area contributed by atoms with E-state index < -0.39 is 17.5 Å². The third kappa shape index (κ3) is 4.62. The lowest BCUT2D eigenvalue weighted by Gasteiger charge is -2.37. The van der Waals surface area contributed by atoms with E-state index in [4.69, 9.17) is 9.47 Å². The van der Waals surface area contributed by atoms with E-state index in [1.807, 2.05) is 54.6 Å². The van der Waals surface area contributed by atoms with E-state index in [0.717, 1.165) is 16.7 Å². The maximum Gasteiger partial charge on any atom is 0.330 e. The molecule has 1 aliphatic heterocycles. The third-order valence-corrected chi connectivity index (χ3v) is 7.59. The molecule has 0 radical (unpaired) electrons. The number of nitrogens with zero attached hydrogens (tertiary/aromatic N) is 1. The molecule has 0 unspecified atom stereocenters. The average Bonchev–Trinajstić information content (AvgIpc) is 3.28. The molecule has 7 heteroatoms. The smallest absolute Gasteiger partial charge is 0.330 e. The molecular formula is C29H27BrN2O4. The molecule has 2 heterocycles. The number of nitrogens with one attached hydrogen (secondary N) is 1. The van der Waals surface area contributed by atoms with Gasteiger partial charge in [-0.2, -0.15) is 0 Å². The summed E-state index contributed by atoms with van der Waals surface area (Å²) in [4.78, 5) is 26.6. The number of benzene rings is 3. The van der Waals surface area contributed by atoms with Crippen molar-refractivity contribution >= 4 is 15.9 Å². The van der Waals surface area contributed by atoms with Gasteiger partial charge in [-0.05, 0) is 23.6 Å². The minimum atomic E-state index is -0.858. The molecule has 3 aromatic carbocycles. The lowest BCUT2D eigenvalue weighted by Crippen LogP contribution is -2.37. The molecule has 6 nitrogen and oxygen atoms in total. The van der Waals surface area contributed by atoms with Gasteiger partial charge in [-0.1, -0.05) is 107 Å². The lowest BCUT2D eigenvalue weighted by molar-refractivity contribution is -0.0763. The highest BCUT2D eigenvalue weighted by Gasteiger charge is 2.41. The fourth-order valence-electron chi connectivity index (χ4n) is 4.79. The highest BCUT2D eigenvalue weighted by molar-refractivity contribution is 9.09. The number of H-pyrrole nitrogens is 1. The Labute approximate surface area is 217 Å². The molecule has 36 heavy (non-hydrogen) atoms. The van der Waals surface area contributed by atoms with Gasteiger partial charge in [-0.25, -0.2) is 4.79 Å². The van der Waals surface area contributed by atoms with Crippen molar-refractivity contribution in [3.8, 4) is 0 Å². The van der Waals surface area contributed by atoms with Crippen LogP contribution >= 0.6 is 15.9 Å². The number of halogens is 1. The molecule has 5 rings (SSSR count). The first-order chi connectivity index (χ1) is 17.5. The summed E-state index contributed by atoms with van der Waals surface area (Å²) in [7, 11) is 0. The number of alkyl halides is 1. The first-order valence-electron chi connectivity index (χ1n) is 11.9. The molecule has 1 aliphatic rings. The zero-order chi connectivity index (χ0) is 25.1. The van der Waals surface area contributed by atoms with Crippen LogP contribution in [0.15, 0.2) is 107 Å². The van der Waals surface area contributed by atoms with E-state index in [0.29, 0.717) is 12.0 Å². The van der Waals surface area contributed by atoms with Gasteiger partial charge < -0.3 is 9.47 Å². The molecule has 0 spiro atoms. The molecule has 184 valence electrons. The summed E-state index contributed by atoms with van der Waals surface area (Å²) in [5.74, 6) is 0. The molecule has 3 atom stereocenters. The summed E-state index contributed by atoms with van der Waals surface area (Å²) in [6, 6.07) is 30.5. The van der Waals surface area contributed by atoms with E-state index in [2.05, 4.69) is 57.3 Å². The molecular weight excluding hydrogens is 520 g/mol. The number of hydrogen-bond donors (Lipinski definition) is 1. The Hall–Kier alpha value is -3.26. The minimum Gasteiger partial charge on any atom is -0.358 e. The van der Waals surface area contributed by atoms with Crippen LogP contribution in [-0.4, -0.2) is 27.1 Å². The standard InChI is InChI=1S/C29H27BrN2O4/c1-20-18-32(28(34)31-27(20)33)26-17-24(30)25(36-26)19-35-29(21-11-5-2-6-12-21,22-13-7-3-8-14-22)23-15-9-4-10-16-23/h2-16,18,24-26H,17,19H2,1H3,(H,31,33,34)/t24-,25+,26+/m1/s1. The van der Waals surface area contributed by atoms with Crippen LogP contribution in [0.3, 0.4) is 0 Å².